The predicted molar refractivity (Wildman–Crippen MR) is 61.0 cm³/mol. The molecule has 1 heterocycles. The minimum absolute atomic E-state index is 0.129. The van der Waals surface area contributed by atoms with E-state index in [1.165, 1.54) is 6.07 Å². The van der Waals surface area contributed by atoms with E-state index in [9.17, 15) is 4.79 Å². The maximum Gasteiger partial charge on any atom is 0.338 e. The molecule has 0 saturated heterocycles. The van der Waals surface area contributed by atoms with Crippen LogP contribution in [0, 0.1) is 0 Å². The first-order valence-corrected chi connectivity index (χ1v) is 5.14. The summed E-state index contributed by atoms with van der Waals surface area (Å²) in [6.07, 6.45) is 0. The number of carboxylic acids is 1. The number of rotatable bonds is 3. The van der Waals surface area contributed by atoms with E-state index in [2.05, 4.69) is 4.98 Å². The van der Waals surface area contributed by atoms with Gasteiger partial charge in [-0.2, -0.15) is 0 Å². The Balaban J connectivity index is 2.66. The van der Waals surface area contributed by atoms with Crippen molar-refractivity contribution in [1.29, 1.82) is 0 Å². The van der Waals surface area contributed by atoms with Crippen LogP contribution in [0.3, 0.4) is 0 Å². The van der Waals surface area contributed by atoms with Gasteiger partial charge in [0.2, 0.25) is 5.89 Å². The Labute approximate surface area is 98.0 Å². The van der Waals surface area contributed by atoms with E-state index >= 15 is 0 Å². The molecule has 0 aliphatic rings. The third-order valence-electron chi connectivity index (χ3n) is 2.67. The first-order chi connectivity index (χ1) is 7.95. The number of benzene rings is 1. The topological polar surface area (TPSA) is 72.6 Å². The molecule has 17 heavy (non-hydrogen) atoms. The van der Waals surface area contributed by atoms with Gasteiger partial charge in [-0.05, 0) is 26.0 Å². The van der Waals surface area contributed by atoms with E-state index < -0.39 is 11.6 Å². The number of para-hydroxylation sites is 1. The molecular formula is C12H13NO4. The molecule has 0 atom stereocenters. The van der Waals surface area contributed by atoms with Crippen LogP contribution < -0.4 is 0 Å². The summed E-state index contributed by atoms with van der Waals surface area (Å²) in [5, 5.41) is 9.04. The minimum Gasteiger partial charge on any atom is -0.478 e. The molecule has 0 amide bonds. The largest absolute Gasteiger partial charge is 0.478 e. The number of hydrogen-bond donors (Lipinski definition) is 1. The van der Waals surface area contributed by atoms with Crippen LogP contribution in [0.5, 0.6) is 0 Å². The predicted octanol–water partition coefficient (Wildman–Crippen LogP) is 2.41. The Bertz CT molecular complexity index is 571. The van der Waals surface area contributed by atoms with E-state index in [1.54, 1.807) is 33.1 Å². The van der Waals surface area contributed by atoms with Crippen molar-refractivity contribution in [3.63, 3.8) is 0 Å². The molecule has 2 rings (SSSR count). The van der Waals surface area contributed by atoms with Crippen LogP contribution in [-0.4, -0.2) is 23.2 Å². The Morgan fingerprint density at radius 2 is 2.18 bits per heavy atom. The fourth-order valence-electron chi connectivity index (χ4n) is 1.47. The second-order valence-corrected chi connectivity index (χ2v) is 4.19. The van der Waals surface area contributed by atoms with Crippen molar-refractivity contribution in [2.24, 2.45) is 0 Å². The summed E-state index contributed by atoms with van der Waals surface area (Å²) in [5.41, 5.74) is 0.240. The molecule has 1 aromatic heterocycles. The van der Waals surface area contributed by atoms with Crippen molar-refractivity contribution in [1.82, 2.24) is 4.98 Å². The number of methoxy groups -OCH3 is 1. The number of carboxylic acid groups (broad SMARTS) is 1. The maximum absolute atomic E-state index is 11.0. The third-order valence-corrected chi connectivity index (χ3v) is 2.67. The standard InChI is InChI=1S/C12H13NO4/c1-12(2,16-3)11-13-9-7(10(14)15)5-4-6-8(9)17-11/h4-6H,1-3H3,(H,14,15). The van der Waals surface area contributed by atoms with E-state index in [1.807, 2.05) is 0 Å². The molecule has 0 bridgehead atoms. The number of carbonyl (C=O) groups is 1. The van der Waals surface area contributed by atoms with Gasteiger partial charge in [0.05, 0.1) is 5.56 Å². The lowest BCUT2D eigenvalue weighted by molar-refractivity contribution is -0.00242. The number of aromatic carboxylic acids is 1. The highest BCUT2D eigenvalue weighted by molar-refractivity contribution is 6.00. The van der Waals surface area contributed by atoms with Gasteiger partial charge < -0.3 is 14.3 Å². The number of hydrogen-bond acceptors (Lipinski definition) is 4. The molecule has 0 fully saturated rings. The van der Waals surface area contributed by atoms with E-state index in [0.717, 1.165) is 0 Å². The number of oxazole rings is 1. The van der Waals surface area contributed by atoms with Gasteiger partial charge in [-0.25, -0.2) is 9.78 Å². The van der Waals surface area contributed by atoms with Gasteiger partial charge in [0, 0.05) is 7.11 Å². The summed E-state index contributed by atoms with van der Waals surface area (Å²) in [6, 6.07) is 4.81. The van der Waals surface area contributed by atoms with Crippen molar-refractivity contribution in [2.75, 3.05) is 7.11 Å². The molecular weight excluding hydrogens is 222 g/mol. The highest BCUT2D eigenvalue weighted by atomic mass is 16.5. The Kier molecular flexibility index (Phi) is 2.63. The molecule has 5 heteroatoms. The SMILES string of the molecule is COC(C)(C)c1nc2c(C(=O)O)cccc2o1. The van der Waals surface area contributed by atoms with Crippen LogP contribution in [0.4, 0.5) is 0 Å². The monoisotopic (exact) mass is 235 g/mol. The summed E-state index contributed by atoms with van der Waals surface area (Å²) in [7, 11) is 1.55. The summed E-state index contributed by atoms with van der Waals surface area (Å²) >= 11 is 0. The molecule has 2 aromatic rings. The highest BCUT2D eigenvalue weighted by Gasteiger charge is 2.27. The smallest absolute Gasteiger partial charge is 0.338 e. The van der Waals surface area contributed by atoms with E-state index in [0.29, 0.717) is 17.0 Å². The van der Waals surface area contributed by atoms with Crippen LogP contribution in [-0.2, 0) is 10.3 Å². The molecule has 0 radical (unpaired) electrons. The summed E-state index contributed by atoms with van der Waals surface area (Å²) in [5.74, 6) is -0.658. The Morgan fingerprint density at radius 1 is 1.47 bits per heavy atom. The van der Waals surface area contributed by atoms with Crippen LogP contribution >= 0.6 is 0 Å². The molecule has 0 aliphatic heterocycles. The van der Waals surface area contributed by atoms with Gasteiger partial charge in [0.1, 0.15) is 11.1 Å². The maximum atomic E-state index is 11.0. The van der Waals surface area contributed by atoms with Crippen molar-refractivity contribution in [3.05, 3.63) is 29.7 Å². The lowest BCUT2D eigenvalue weighted by Crippen LogP contribution is -2.19. The van der Waals surface area contributed by atoms with E-state index in [4.69, 9.17) is 14.3 Å². The average Bonchev–Trinajstić information content (AvgIpc) is 2.72. The second kappa shape index (κ2) is 3.85. The number of nitrogens with zero attached hydrogens (tertiary/aromatic N) is 1. The Morgan fingerprint density at radius 3 is 2.76 bits per heavy atom. The van der Waals surface area contributed by atoms with Crippen molar-refractivity contribution in [3.8, 4) is 0 Å². The second-order valence-electron chi connectivity index (χ2n) is 4.19. The molecule has 0 aliphatic carbocycles. The van der Waals surface area contributed by atoms with Gasteiger partial charge in [0.25, 0.3) is 0 Å². The quantitative estimate of drug-likeness (QED) is 0.884. The average molecular weight is 235 g/mol. The highest BCUT2D eigenvalue weighted by Crippen LogP contribution is 2.28. The van der Waals surface area contributed by atoms with Crippen LogP contribution in [0.15, 0.2) is 22.6 Å². The molecule has 1 N–H and O–H groups in total. The van der Waals surface area contributed by atoms with Crippen molar-refractivity contribution < 1.29 is 19.1 Å². The molecule has 0 saturated carbocycles. The number of fused-ring (bicyclic) bond motifs is 1. The third kappa shape index (κ3) is 1.89. The van der Waals surface area contributed by atoms with Crippen LogP contribution in [0.1, 0.15) is 30.1 Å². The molecule has 0 unspecified atom stereocenters. The van der Waals surface area contributed by atoms with Crippen molar-refractivity contribution in [2.45, 2.75) is 19.4 Å². The fraction of sp³-hybridized carbons (Fsp3) is 0.333. The summed E-state index contributed by atoms with van der Waals surface area (Å²) < 4.78 is 10.8. The lowest BCUT2D eigenvalue weighted by Gasteiger charge is -2.17. The molecule has 5 nitrogen and oxygen atoms in total. The zero-order valence-electron chi connectivity index (χ0n) is 9.85. The van der Waals surface area contributed by atoms with Crippen molar-refractivity contribution >= 4 is 17.1 Å². The van der Waals surface area contributed by atoms with Gasteiger partial charge in [0.15, 0.2) is 5.58 Å². The van der Waals surface area contributed by atoms with E-state index in [-0.39, 0.29) is 5.56 Å². The molecule has 90 valence electrons. The van der Waals surface area contributed by atoms with Gasteiger partial charge in [-0.1, -0.05) is 6.07 Å². The molecule has 0 spiro atoms. The zero-order valence-corrected chi connectivity index (χ0v) is 9.85. The van der Waals surface area contributed by atoms with Gasteiger partial charge in [-0.15, -0.1) is 0 Å². The minimum atomic E-state index is -1.02. The zero-order chi connectivity index (χ0) is 12.6. The first-order valence-electron chi connectivity index (χ1n) is 5.14. The van der Waals surface area contributed by atoms with Crippen LogP contribution in [0.25, 0.3) is 11.1 Å². The Hall–Kier alpha value is -1.88. The lowest BCUT2D eigenvalue weighted by atomic mass is 10.1. The van der Waals surface area contributed by atoms with Crippen LogP contribution in [0.2, 0.25) is 0 Å². The van der Waals surface area contributed by atoms with Gasteiger partial charge in [-0.3, -0.25) is 0 Å². The normalized spacial score (nSPS) is 11.9. The fourth-order valence-corrected chi connectivity index (χ4v) is 1.47. The number of aromatic nitrogens is 1. The summed E-state index contributed by atoms with van der Waals surface area (Å²) in [6.45, 7) is 3.61. The molecule has 1 aromatic carbocycles. The summed E-state index contributed by atoms with van der Waals surface area (Å²) in [4.78, 5) is 15.2. The van der Waals surface area contributed by atoms with Gasteiger partial charge >= 0.3 is 5.97 Å². The first kappa shape index (κ1) is 11.6. The number of ether oxygens (including phenoxy) is 1.